The Morgan fingerprint density at radius 2 is 1.90 bits per heavy atom. The van der Waals surface area contributed by atoms with Gasteiger partial charge < -0.3 is 9.30 Å². The van der Waals surface area contributed by atoms with Crippen molar-refractivity contribution in [2.45, 2.75) is 54.1 Å². The Morgan fingerprint density at radius 1 is 1.21 bits per heavy atom. The molecule has 0 fully saturated rings. The first kappa shape index (κ1) is 21.0. The molecule has 8 heteroatoms. The molecule has 0 aromatic carbocycles. The molecule has 0 saturated heterocycles. The molecule has 0 unspecified atom stereocenters. The standard InChI is InChI=1S/C21H25N3O4S/c1-11(2)24-12(3)7-16(14(24)5)17(25)9-28-18(26)8-23-10-22-20-19(21(23)27)13(4)15(6)29-20/h7,10-11H,8-9H2,1-6H3. The fraction of sp³-hybridized carbons (Fsp3) is 0.429. The number of esters is 1. The topological polar surface area (TPSA) is 83.2 Å². The van der Waals surface area contributed by atoms with Crippen molar-refractivity contribution >= 4 is 33.3 Å². The Morgan fingerprint density at radius 3 is 2.52 bits per heavy atom. The van der Waals surface area contributed by atoms with Gasteiger partial charge in [-0.1, -0.05) is 0 Å². The van der Waals surface area contributed by atoms with Gasteiger partial charge >= 0.3 is 5.97 Å². The first-order chi connectivity index (χ1) is 13.6. The average Bonchev–Trinajstić information content (AvgIpc) is 3.11. The van der Waals surface area contributed by atoms with Crippen molar-refractivity contribution in [2.24, 2.45) is 0 Å². The molecular formula is C21H25N3O4S. The number of carbonyl (C=O) groups is 2. The zero-order valence-corrected chi connectivity index (χ0v) is 18.3. The minimum Gasteiger partial charge on any atom is -0.456 e. The monoisotopic (exact) mass is 415 g/mol. The van der Waals surface area contributed by atoms with Crippen molar-refractivity contribution in [2.75, 3.05) is 6.61 Å². The van der Waals surface area contributed by atoms with Crippen LogP contribution in [0.1, 0.15) is 52.1 Å². The molecule has 29 heavy (non-hydrogen) atoms. The Hall–Kier alpha value is -2.74. The van der Waals surface area contributed by atoms with E-state index in [4.69, 9.17) is 4.74 Å². The number of hydrogen-bond acceptors (Lipinski definition) is 6. The normalized spacial score (nSPS) is 11.4. The highest BCUT2D eigenvalue weighted by molar-refractivity contribution is 7.18. The van der Waals surface area contributed by atoms with Crippen LogP contribution in [0.15, 0.2) is 17.2 Å². The summed E-state index contributed by atoms with van der Waals surface area (Å²) in [4.78, 5) is 43.4. The van der Waals surface area contributed by atoms with Gasteiger partial charge in [0.25, 0.3) is 5.56 Å². The number of fused-ring (bicyclic) bond motifs is 1. The largest absolute Gasteiger partial charge is 0.456 e. The van der Waals surface area contributed by atoms with Gasteiger partial charge in [-0.15, -0.1) is 11.3 Å². The summed E-state index contributed by atoms with van der Waals surface area (Å²) in [6, 6.07) is 2.05. The smallest absolute Gasteiger partial charge is 0.326 e. The molecule has 0 atom stereocenters. The second-order valence-corrected chi connectivity index (χ2v) is 8.68. The van der Waals surface area contributed by atoms with Gasteiger partial charge in [0.1, 0.15) is 11.4 Å². The first-order valence-electron chi connectivity index (χ1n) is 9.44. The van der Waals surface area contributed by atoms with Crippen LogP contribution in [-0.2, 0) is 16.1 Å². The lowest BCUT2D eigenvalue weighted by molar-refractivity contribution is -0.143. The number of hydrogen-bond donors (Lipinski definition) is 0. The van der Waals surface area contributed by atoms with E-state index in [-0.39, 0.29) is 30.5 Å². The van der Waals surface area contributed by atoms with E-state index in [0.717, 1.165) is 21.8 Å². The van der Waals surface area contributed by atoms with Crippen molar-refractivity contribution in [3.05, 3.63) is 50.1 Å². The highest BCUT2D eigenvalue weighted by Crippen LogP contribution is 2.25. The molecule has 0 bridgehead atoms. The zero-order chi connectivity index (χ0) is 21.5. The summed E-state index contributed by atoms with van der Waals surface area (Å²) in [5.41, 5.74) is 2.99. The third kappa shape index (κ3) is 3.89. The maximum atomic E-state index is 12.7. The summed E-state index contributed by atoms with van der Waals surface area (Å²) >= 11 is 1.45. The number of aryl methyl sites for hydroxylation is 3. The quantitative estimate of drug-likeness (QED) is 0.454. The Bertz CT molecular complexity index is 1170. The lowest BCUT2D eigenvalue weighted by Gasteiger charge is -2.13. The van der Waals surface area contributed by atoms with Crippen molar-refractivity contribution < 1.29 is 14.3 Å². The van der Waals surface area contributed by atoms with E-state index >= 15 is 0 Å². The van der Waals surface area contributed by atoms with Gasteiger partial charge in [-0.05, 0) is 53.2 Å². The predicted octanol–water partition coefficient (Wildman–Crippen LogP) is 3.50. The molecule has 0 aliphatic heterocycles. The molecule has 7 nitrogen and oxygen atoms in total. The summed E-state index contributed by atoms with van der Waals surface area (Å²) in [6.45, 7) is 11.1. The molecule has 0 amide bonds. The molecule has 0 radical (unpaired) electrons. The number of thiophene rings is 1. The van der Waals surface area contributed by atoms with Crippen molar-refractivity contribution in [3.8, 4) is 0 Å². The van der Waals surface area contributed by atoms with Gasteiger partial charge in [-0.3, -0.25) is 19.0 Å². The van der Waals surface area contributed by atoms with Crippen molar-refractivity contribution in [1.82, 2.24) is 14.1 Å². The van der Waals surface area contributed by atoms with Crippen LogP contribution >= 0.6 is 11.3 Å². The Kier molecular flexibility index (Phi) is 5.75. The van der Waals surface area contributed by atoms with E-state index in [1.54, 1.807) is 0 Å². The molecule has 0 N–H and O–H groups in total. The molecule has 0 aliphatic carbocycles. The third-order valence-electron chi connectivity index (χ3n) is 5.12. The lowest BCUT2D eigenvalue weighted by Crippen LogP contribution is -2.26. The molecule has 154 valence electrons. The van der Waals surface area contributed by atoms with Crippen LogP contribution in [-0.4, -0.2) is 32.5 Å². The maximum Gasteiger partial charge on any atom is 0.326 e. The third-order valence-corrected chi connectivity index (χ3v) is 6.24. The SMILES string of the molecule is Cc1sc2ncn(CC(=O)OCC(=O)c3cc(C)n(C(C)C)c3C)c(=O)c2c1C. The molecule has 3 heterocycles. The van der Waals surface area contributed by atoms with Gasteiger partial charge in [0.05, 0.1) is 11.7 Å². The highest BCUT2D eigenvalue weighted by atomic mass is 32.1. The van der Waals surface area contributed by atoms with Crippen LogP contribution in [0.5, 0.6) is 0 Å². The van der Waals surface area contributed by atoms with E-state index < -0.39 is 5.97 Å². The minimum absolute atomic E-state index is 0.234. The minimum atomic E-state index is -0.649. The molecule has 0 spiro atoms. The van der Waals surface area contributed by atoms with Crippen molar-refractivity contribution in [3.63, 3.8) is 0 Å². The first-order valence-corrected chi connectivity index (χ1v) is 10.3. The molecule has 0 saturated carbocycles. The number of ether oxygens (including phenoxy) is 1. The number of ketones is 1. The number of rotatable bonds is 6. The molecule has 3 aromatic rings. The van der Waals surface area contributed by atoms with Crippen LogP contribution in [0.2, 0.25) is 0 Å². The predicted molar refractivity (Wildman–Crippen MR) is 113 cm³/mol. The van der Waals surface area contributed by atoms with E-state index in [1.807, 2.05) is 47.6 Å². The summed E-state index contributed by atoms with van der Waals surface area (Å²) in [6.07, 6.45) is 1.35. The summed E-state index contributed by atoms with van der Waals surface area (Å²) in [5.74, 6) is -0.910. The van der Waals surface area contributed by atoms with Crippen molar-refractivity contribution in [1.29, 1.82) is 0 Å². The fourth-order valence-electron chi connectivity index (χ4n) is 3.65. The lowest BCUT2D eigenvalue weighted by atomic mass is 10.1. The molecule has 0 aliphatic rings. The molecular weight excluding hydrogens is 390 g/mol. The van der Waals surface area contributed by atoms with Gasteiger partial charge in [-0.2, -0.15) is 0 Å². The highest BCUT2D eigenvalue weighted by Gasteiger charge is 2.19. The van der Waals surface area contributed by atoms with E-state index in [9.17, 15) is 14.4 Å². The van der Waals surface area contributed by atoms with Gasteiger partial charge in [-0.25, -0.2) is 4.98 Å². The van der Waals surface area contributed by atoms with E-state index in [2.05, 4.69) is 9.55 Å². The molecule has 3 rings (SSSR count). The number of aromatic nitrogens is 3. The Labute approximate surface area is 172 Å². The number of nitrogens with zero attached hydrogens (tertiary/aromatic N) is 3. The average molecular weight is 416 g/mol. The summed E-state index contributed by atoms with van der Waals surface area (Å²) < 4.78 is 8.44. The summed E-state index contributed by atoms with van der Waals surface area (Å²) in [7, 11) is 0. The number of carbonyl (C=O) groups excluding carboxylic acids is 2. The summed E-state index contributed by atoms with van der Waals surface area (Å²) in [5, 5.41) is 0.528. The number of Topliss-reactive ketones (excluding diaryl/α,β-unsaturated/α-hetero) is 1. The van der Waals surface area contributed by atoms with Gasteiger partial charge in [0.15, 0.2) is 6.61 Å². The van der Waals surface area contributed by atoms with Crippen LogP contribution in [0, 0.1) is 27.7 Å². The maximum absolute atomic E-state index is 12.7. The van der Waals surface area contributed by atoms with Crippen LogP contribution in [0.25, 0.3) is 10.2 Å². The zero-order valence-electron chi connectivity index (χ0n) is 17.5. The van der Waals surface area contributed by atoms with Gasteiger partial charge in [0.2, 0.25) is 5.78 Å². The van der Waals surface area contributed by atoms with Crippen LogP contribution in [0.4, 0.5) is 0 Å². The fourth-order valence-corrected chi connectivity index (χ4v) is 4.63. The molecule has 3 aromatic heterocycles. The van der Waals surface area contributed by atoms with Crippen LogP contribution in [0.3, 0.4) is 0 Å². The van der Waals surface area contributed by atoms with E-state index in [0.29, 0.717) is 15.8 Å². The Balaban J connectivity index is 1.71. The second kappa shape index (κ2) is 7.94. The van der Waals surface area contributed by atoms with Crippen LogP contribution < -0.4 is 5.56 Å². The second-order valence-electron chi connectivity index (χ2n) is 7.47. The van der Waals surface area contributed by atoms with Gasteiger partial charge in [0, 0.05) is 27.9 Å². The van der Waals surface area contributed by atoms with E-state index in [1.165, 1.54) is 22.2 Å².